The quantitative estimate of drug-likeness (QED) is 0.880. The van der Waals surface area contributed by atoms with Crippen molar-refractivity contribution in [2.45, 2.75) is 19.9 Å². The van der Waals surface area contributed by atoms with Gasteiger partial charge < -0.3 is 15.6 Å². The maximum absolute atomic E-state index is 9.42. The smallest absolute Gasteiger partial charge is 0.127 e. The van der Waals surface area contributed by atoms with Crippen LogP contribution >= 0.6 is 12.4 Å². The fraction of sp³-hybridized carbons (Fsp3) is 0.294. The summed E-state index contributed by atoms with van der Waals surface area (Å²) < 4.78 is 5.80. The standard InChI is InChI=1S/C17H21NO2.ClH/c1-17(2,12-19)16(18)13-7-6-10-15(11-13)20-14-8-4-3-5-9-14;/h3-11,16,19H,12,18H2,1-2H3;1H/t16-;/m1./s1. The fourth-order valence-corrected chi connectivity index (χ4v) is 1.95. The van der Waals surface area contributed by atoms with E-state index in [9.17, 15) is 5.11 Å². The summed E-state index contributed by atoms with van der Waals surface area (Å²) in [6, 6.07) is 17.1. The third-order valence-corrected chi connectivity index (χ3v) is 3.45. The number of hydrogen-bond donors (Lipinski definition) is 2. The van der Waals surface area contributed by atoms with Crippen molar-refractivity contribution in [1.82, 2.24) is 0 Å². The Balaban J connectivity index is 0.00000220. The zero-order chi connectivity index (χ0) is 14.6. The topological polar surface area (TPSA) is 55.5 Å². The number of nitrogens with two attached hydrogens (primary N) is 1. The number of aliphatic hydroxyl groups excluding tert-OH is 1. The first-order chi connectivity index (χ1) is 9.53. The Labute approximate surface area is 132 Å². The summed E-state index contributed by atoms with van der Waals surface area (Å²) in [5, 5.41) is 9.42. The first kappa shape index (κ1) is 17.5. The van der Waals surface area contributed by atoms with Gasteiger partial charge >= 0.3 is 0 Å². The van der Waals surface area contributed by atoms with Gasteiger partial charge in [-0.3, -0.25) is 0 Å². The molecule has 0 heterocycles. The third-order valence-electron chi connectivity index (χ3n) is 3.45. The second-order valence-corrected chi connectivity index (χ2v) is 5.61. The highest BCUT2D eigenvalue weighted by atomic mass is 35.5. The van der Waals surface area contributed by atoms with Crippen LogP contribution in [-0.2, 0) is 0 Å². The molecule has 1 atom stereocenters. The maximum Gasteiger partial charge on any atom is 0.127 e. The van der Waals surface area contributed by atoms with E-state index in [0.29, 0.717) is 0 Å². The molecular formula is C17H22ClNO2. The molecule has 21 heavy (non-hydrogen) atoms. The van der Waals surface area contributed by atoms with E-state index in [1.54, 1.807) is 0 Å². The van der Waals surface area contributed by atoms with Crippen molar-refractivity contribution in [3.63, 3.8) is 0 Å². The summed E-state index contributed by atoms with van der Waals surface area (Å²) in [6.45, 7) is 3.93. The largest absolute Gasteiger partial charge is 0.457 e. The van der Waals surface area contributed by atoms with Crippen LogP contribution in [0.1, 0.15) is 25.5 Å². The number of ether oxygens (including phenoxy) is 1. The van der Waals surface area contributed by atoms with Crippen LogP contribution in [0.15, 0.2) is 54.6 Å². The van der Waals surface area contributed by atoms with E-state index in [0.717, 1.165) is 17.1 Å². The lowest BCUT2D eigenvalue weighted by Crippen LogP contribution is -2.32. The molecule has 3 nitrogen and oxygen atoms in total. The molecular weight excluding hydrogens is 286 g/mol. The number of halogens is 1. The van der Waals surface area contributed by atoms with Crippen LogP contribution in [0, 0.1) is 5.41 Å². The molecule has 0 fully saturated rings. The predicted molar refractivity (Wildman–Crippen MR) is 88.0 cm³/mol. The van der Waals surface area contributed by atoms with Crippen molar-refractivity contribution in [1.29, 1.82) is 0 Å². The number of para-hydroxylation sites is 1. The number of aliphatic hydroxyl groups is 1. The maximum atomic E-state index is 9.42. The number of benzene rings is 2. The Hall–Kier alpha value is -1.55. The molecule has 0 saturated heterocycles. The highest BCUT2D eigenvalue weighted by Gasteiger charge is 2.27. The monoisotopic (exact) mass is 307 g/mol. The van der Waals surface area contributed by atoms with Gasteiger partial charge in [0.05, 0.1) is 0 Å². The van der Waals surface area contributed by atoms with Gasteiger partial charge in [0, 0.05) is 18.1 Å². The zero-order valence-corrected chi connectivity index (χ0v) is 13.1. The molecule has 0 unspecified atom stereocenters. The molecule has 4 heteroatoms. The second kappa shape index (κ2) is 7.46. The van der Waals surface area contributed by atoms with Crippen LogP contribution < -0.4 is 10.5 Å². The molecule has 0 spiro atoms. The molecule has 0 aliphatic heterocycles. The molecule has 2 aromatic carbocycles. The zero-order valence-electron chi connectivity index (χ0n) is 12.3. The second-order valence-electron chi connectivity index (χ2n) is 5.61. The van der Waals surface area contributed by atoms with Gasteiger partial charge in [0.2, 0.25) is 0 Å². The van der Waals surface area contributed by atoms with Crippen molar-refractivity contribution in [2.75, 3.05) is 6.61 Å². The first-order valence-electron chi connectivity index (χ1n) is 6.72. The van der Waals surface area contributed by atoms with E-state index >= 15 is 0 Å². The van der Waals surface area contributed by atoms with Crippen molar-refractivity contribution >= 4 is 12.4 Å². The number of rotatable bonds is 5. The van der Waals surface area contributed by atoms with E-state index in [2.05, 4.69) is 0 Å². The molecule has 0 radical (unpaired) electrons. The minimum atomic E-state index is -0.370. The normalized spacial score (nSPS) is 12.4. The average molecular weight is 308 g/mol. The van der Waals surface area contributed by atoms with Gasteiger partial charge in [-0.1, -0.05) is 44.2 Å². The van der Waals surface area contributed by atoms with Crippen LogP contribution in [0.2, 0.25) is 0 Å². The van der Waals surface area contributed by atoms with Crippen molar-refractivity contribution in [3.8, 4) is 11.5 Å². The Morgan fingerprint density at radius 3 is 2.29 bits per heavy atom. The third kappa shape index (κ3) is 4.46. The van der Waals surface area contributed by atoms with E-state index < -0.39 is 0 Å². The SMILES string of the molecule is CC(C)(CO)[C@H](N)c1cccc(Oc2ccccc2)c1.Cl. The summed E-state index contributed by atoms with van der Waals surface area (Å²) >= 11 is 0. The van der Waals surface area contributed by atoms with Crippen LogP contribution in [0.5, 0.6) is 11.5 Å². The van der Waals surface area contributed by atoms with Crippen LogP contribution in [0.25, 0.3) is 0 Å². The summed E-state index contributed by atoms with van der Waals surface area (Å²) in [4.78, 5) is 0. The molecule has 0 aromatic heterocycles. The van der Waals surface area contributed by atoms with E-state index in [1.165, 1.54) is 0 Å². The Kier molecular flexibility index (Phi) is 6.21. The van der Waals surface area contributed by atoms with E-state index in [1.807, 2.05) is 68.4 Å². The highest BCUT2D eigenvalue weighted by molar-refractivity contribution is 5.85. The number of hydrogen-bond acceptors (Lipinski definition) is 3. The van der Waals surface area contributed by atoms with Crippen LogP contribution in [-0.4, -0.2) is 11.7 Å². The van der Waals surface area contributed by atoms with Crippen LogP contribution in [0.4, 0.5) is 0 Å². The molecule has 0 amide bonds. The summed E-state index contributed by atoms with van der Waals surface area (Å²) in [7, 11) is 0. The van der Waals surface area contributed by atoms with Gasteiger partial charge in [-0.05, 0) is 29.8 Å². The first-order valence-corrected chi connectivity index (χ1v) is 6.72. The van der Waals surface area contributed by atoms with Gasteiger partial charge in [-0.25, -0.2) is 0 Å². The van der Waals surface area contributed by atoms with Crippen molar-refractivity contribution in [2.24, 2.45) is 11.1 Å². The van der Waals surface area contributed by atoms with Crippen molar-refractivity contribution < 1.29 is 9.84 Å². The molecule has 0 saturated carbocycles. The summed E-state index contributed by atoms with van der Waals surface area (Å²) in [5.41, 5.74) is 6.82. The predicted octanol–water partition coefficient (Wildman–Crippen LogP) is 3.92. The highest BCUT2D eigenvalue weighted by Crippen LogP contribution is 2.33. The lowest BCUT2D eigenvalue weighted by molar-refractivity contribution is 0.132. The van der Waals surface area contributed by atoms with Gasteiger partial charge in [-0.2, -0.15) is 0 Å². The molecule has 114 valence electrons. The molecule has 0 aliphatic carbocycles. The molecule has 2 rings (SSSR count). The Morgan fingerprint density at radius 1 is 1.05 bits per heavy atom. The molecule has 2 aromatic rings. The van der Waals surface area contributed by atoms with Gasteiger partial charge in [0.25, 0.3) is 0 Å². The lowest BCUT2D eigenvalue weighted by Gasteiger charge is -2.29. The van der Waals surface area contributed by atoms with Gasteiger partial charge in [0.15, 0.2) is 0 Å². The Bertz CT molecular complexity index is 558. The molecule has 0 aliphatic rings. The molecule has 0 bridgehead atoms. The lowest BCUT2D eigenvalue weighted by atomic mass is 9.82. The Morgan fingerprint density at radius 2 is 1.67 bits per heavy atom. The van der Waals surface area contributed by atoms with E-state index in [4.69, 9.17) is 10.5 Å². The summed E-state index contributed by atoms with van der Waals surface area (Å²) in [6.07, 6.45) is 0. The minimum Gasteiger partial charge on any atom is -0.457 e. The van der Waals surface area contributed by atoms with E-state index in [-0.39, 0.29) is 30.5 Å². The minimum absolute atomic E-state index is 0. The summed E-state index contributed by atoms with van der Waals surface area (Å²) in [5.74, 6) is 1.54. The van der Waals surface area contributed by atoms with Crippen LogP contribution in [0.3, 0.4) is 0 Å². The average Bonchev–Trinajstić information content (AvgIpc) is 2.48. The van der Waals surface area contributed by atoms with Gasteiger partial charge in [0.1, 0.15) is 11.5 Å². The molecule has 3 N–H and O–H groups in total. The van der Waals surface area contributed by atoms with Crippen molar-refractivity contribution in [3.05, 3.63) is 60.2 Å². The fourth-order valence-electron chi connectivity index (χ4n) is 1.95. The van der Waals surface area contributed by atoms with Gasteiger partial charge in [-0.15, -0.1) is 12.4 Å².